The Bertz CT molecular complexity index is 354. The van der Waals surface area contributed by atoms with Crippen molar-refractivity contribution >= 4 is 11.6 Å². The zero-order chi connectivity index (χ0) is 13.4. The van der Waals surface area contributed by atoms with Crippen molar-refractivity contribution in [2.24, 2.45) is 5.92 Å². The minimum absolute atomic E-state index is 0.576. The summed E-state index contributed by atoms with van der Waals surface area (Å²) in [7, 11) is 0. The molecule has 0 amide bonds. The molecule has 0 bridgehead atoms. The van der Waals surface area contributed by atoms with Gasteiger partial charge in [0.15, 0.2) is 0 Å². The van der Waals surface area contributed by atoms with E-state index in [0.717, 1.165) is 25.4 Å². The summed E-state index contributed by atoms with van der Waals surface area (Å²) in [6, 6.07) is 6.01. The van der Waals surface area contributed by atoms with Gasteiger partial charge in [0.25, 0.3) is 0 Å². The van der Waals surface area contributed by atoms with E-state index in [-0.39, 0.29) is 0 Å². The van der Waals surface area contributed by atoms with Crippen LogP contribution < -0.4 is 10.1 Å². The van der Waals surface area contributed by atoms with Crippen LogP contribution in [0.2, 0.25) is 5.02 Å². The molecule has 2 nitrogen and oxygen atoms in total. The van der Waals surface area contributed by atoms with Crippen molar-refractivity contribution in [1.82, 2.24) is 5.32 Å². The number of nitrogens with one attached hydrogen (secondary N) is 1. The molecule has 0 aliphatic rings. The largest absolute Gasteiger partial charge is 0.492 e. The third kappa shape index (κ3) is 5.28. The maximum Gasteiger partial charge on any atom is 0.137 e. The molecule has 0 heterocycles. The molecule has 0 radical (unpaired) electrons. The van der Waals surface area contributed by atoms with Gasteiger partial charge in [-0.05, 0) is 36.6 Å². The van der Waals surface area contributed by atoms with Gasteiger partial charge in [-0.3, -0.25) is 0 Å². The first-order valence-corrected chi connectivity index (χ1v) is 7.17. The lowest BCUT2D eigenvalue weighted by Crippen LogP contribution is -2.12. The van der Waals surface area contributed by atoms with E-state index < -0.39 is 0 Å². The van der Waals surface area contributed by atoms with Crippen molar-refractivity contribution in [1.29, 1.82) is 0 Å². The molecule has 18 heavy (non-hydrogen) atoms. The van der Waals surface area contributed by atoms with Crippen LogP contribution in [-0.4, -0.2) is 13.2 Å². The second-order valence-corrected chi connectivity index (χ2v) is 5.16. The van der Waals surface area contributed by atoms with Crippen LogP contribution in [0.25, 0.3) is 0 Å². The first-order chi connectivity index (χ1) is 8.67. The third-order valence-corrected chi connectivity index (χ3v) is 3.18. The van der Waals surface area contributed by atoms with E-state index in [1.54, 1.807) is 0 Å². The van der Waals surface area contributed by atoms with Crippen LogP contribution in [0.4, 0.5) is 0 Å². The maximum atomic E-state index is 6.22. The standard InChI is InChI=1S/C15H24ClNO/c1-4-6-12(3)11-18-15-8-7-13(9-14(15)16)10-17-5-2/h7-9,12,17H,4-6,10-11H2,1-3H3. The van der Waals surface area contributed by atoms with Crippen LogP contribution in [0.3, 0.4) is 0 Å². The molecular weight excluding hydrogens is 246 g/mol. The molecule has 0 aromatic heterocycles. The molecule has 1 N–H and O–H groups in total. The first-order valence-electron chi connectivity index (χ1n) is 6.79. The van der Waals surface area contributed by atoms with E-state index in [4.69, 9.17) is 16.3 Å². The summed E-state index contributed by atoms with van der Waals surface area (Å²) in [5.41, 5.74) is 1.19. The van der Waals surface area contributed by atoms with Gasteiger partial charge >= 0.3 is 0 Å². The molecule has 0 saturated carbocycles. The van der Waals surface area contributed by atoms with Crippen LogP contribution in [0.15, 0.2) is 18.2 Å². The Balaban J connectivity index is 2.51. The highest BCUT2D eigenvalue weighted by Gasteiger charge is 2.06. The highest BCUT2D eigenvalue weighted by atomic mass is 35.5. The van der Waals surface area contributed by atoms with Gasteiger partial charge in [0.2, 0.25) is 0 Å². The minimum Gasteiger partial charge on any atom is -0.492 e. The molecule has 0 fully saturated rings. The normalized spacial score (nSPS) is 12.4. The fourth-order valence-electron chi connectivity index (χ4n) is 1.85. The lowest BCUT2D eigenvalue weighted by molar-refractivity contribution is 0.251. The average Bonchev–Trinajstić information content (AvgIpc) is 2.35. The smallest absolute Gasteiger partial charge is 0.137 e. The monoisotopic (exact) mass is 269 g/mol. The minimum atomic E-state index is 0.576. The number of hydrogen-bond donors (Lipinski definition) is 1. The number of ether oxygens (including phenoxy) is 1. The zero-order valence-electron chi connectivity index (χ0n) is 11.6. The zero-order valence-corrected chi connectivity index (χ0v) is 12.4. The van der Waals surface area contributed by atoms with Gasteiger partial charge in [0, 0.05) is 6.54 Å². The molecule has 0 spiro atoms. The highest BCUT2D eigenvalue weighted by molar-refractivity contribution is 6.32. The van der Waals surface area contributed by atoms with Gasteiger partial charge in [-0.15, -0.1) is 0 Å². The van der Waals surface area contributed by atoms with Crippen LogP contribution in [0, 0.1) is 5.92 Å². The Kier molecular flexibility index (Phi) is 7.14. The second-order valence-electron chi connectivity index (χ2n) is 4.75. The molecule has 102 valence electrons. The Morgan fingerprint density at radius 3 is 2.72 bits per heavy atom. The fraction of sp³-hybridized carbons (Fsp3) is 0.600. The molecule has 1 rings (SSSR count). The van der Waals surface area contributed by atoms with E-state index in [1.165, 1.54) is 18.4 Å². The Morgan fingerprint density at radius 2 is 2.11 bits per heavy atom. The third-order valence-electron chi connectivity index (χ3n) is 2.88. The van der Waals surface area contributed by atoms with Crippen LogP contribution >= 0.6 is 11.6 Å². The van der Waals surface area contributed by atoms with Crippen molar-refractivity contribution < 1.29 is 4.74 Å². The van der Waals surface area contributed by atoms with E-state index in [2.05, 4.69) is 32.2 Å². The van der Waals surface area contributed by atoms with Gasteiger partial charge in [-0.1, -0.05) is 44.9 Å². The van der Waals surface area contributed by atoms with Gasteiger partial charge in [0.1, 0.15) is 5.75 Å². The van der Waals surface area contributed by atoms with Crippen molar-refractivity contribution in [3.63, 3.8) is 0 Å². The molecule has 1 aromatic rings. The summed E-state index contributed by atoms with van der Waals surface area (Å²) in [4.78, 5) is 0. The summed E-state index contributed by atoms with van der Waals surface area (Å²) < 4.78 is 5.76. The Morgan fingerprint density at radius 1 is 1.33 bits per heavy atom. The SMILES string of the molecule is CCCC(C)COc1ccc(CNCC)cc1Cl. The van der Waals surface area contributed by atoms with Crippen molar-refractivity contribution in [3.05, 3.63) is 28.8 Å². The Hall–Kier alpha value is -0.730. The molecule has 1 unspecified atom stereocenters. The second kappa shape index (κ2) is 8.39. The van der Waals surface area contributed by atoms with Crippen molar-refractivity contribution in [2.75, 3.05) is 13.2 Å². The van der Waals surface area contributed by atoms with E-state index >= 15 is 0 Å². The fourth-order valence-corrected chi connectivity index (χ4v) is 2.11. The van der Waals surface area contributed by atoms with Gasteiger partial charge in [-0.2, -0.15) is 0 Å². The van der Waals surface area contributed by atoms with Crippen molar-refractivity contribution in [3.8, 4) is 5.75 Å². The molecule has 3 heteroatoms. The molecule has 0 aliphatic heterocycles. The summed E-state index contributed by atoms with van der Waals surface area (Å²) in [6.45, 7) is 9.04. The topological polar surface area (TPSA) is 21.3 Å². The molecule has 1 atom stereocenters. The predicted molar refractivity (Wildman–Crippen MR) is 78.4 cm³/mol. The number of hydrogen-bond acceptors (Lipinski definition) is 2. The van der Waals surface area contributed by atoms with E-state index in [1.807, 2.05) is 12.1 Å². The molecular formula is C15H24ClNO. The summed E-state index contributed by atoms with van der Waals surface area (Å²) in [5.74, 6) is 1.37. The van der Waals surface area contributed by atoms with E-state index in [9.17, 15) is 0 Å². The van der Waals surface area contributed by atoms with E-state index in [0.29, 0.717) is 10.9 Å². The van der Waals surface area contributed by atoms with Crippen LogP contribution in [0.1, 0.15) is 39.2 Å². The Labute approximate surface area is 116 Å². The van der Waals surface area contributed by atoms with Gasteiger partial charge < -0.3 is 10.1 Å². The van der Waals surface area contributed by atoms with Crippen molar-refractivity contribution in [2.45, 2.75) is 40.2 Å². The predicted octanol–water partition coefficient (Wildman–Crippen LogP) is 4.26. The van der Waals surface area contributed by atoms with Gasteiger partial charge in [-0.25, -0.2) is 0 Å². The number of rotatable bonds is 8. The quantitative estimate of drug-likeness (QED) is 0.761. The molecule has 1 aromatic carbocycles. The lowest BCUT2D eigenvalue weighted by atomic mass is 10.1. The van der Waals surface area contributed by atoms with Crippen LogP contribution in [-0.2, 0) is 6.54 Å². The van der Waals surface area contributed by atoms with Crippen LogP contribution in [0.5, 0.6) is 5.75 Å². The van der Waals surface area contributed by atoms with Gasteiger partial charge in [0.05, 0.1) is 11.6 Å². The first kappa shape index (κ1) is 15.3. The number of benzene rings is 1. The highest BCUT2D eigenvalue weighted by Crippen LogP contribution is 2.26. The molecule has 0 aliphatic carbocycles. The summed E-state index contributed by atoms with van der Waals surface area (Å²) in [5, 5.41) is 3.98. The summed E-state index contributed by atoms with van der Waals surface area (Å²) >= 11 is 6.22. The average molecular weight is 270 g/mol. The summed E-state index contributed by atoms with van der Waals surface area (Å²) in [6.07, 6.45) is 2.38. The lowest BCUT2D eigenvalue weighted by Gasteiger charge is -2.13. The molecule has 0 saturated heterocycles. The maximum absolute atomic E-state index is 6.22. The number of halogens is 1.